The zero-order valence-electron chi connectivity index (χ0n) is 11.2. The molecule has 1 heterocycles. The molecule has 7 heteroatoms. The van der Waals surface area contributed by atoms with Gasteiger partial charge in [0.25, 0.3) is 0 Å². The summed E-state index contributed by atoms with van der Waals surface area (Å²) in [6.07, 6.45) is 1.90. The van der Waals surface area contributed by atoms with Crippen LogP contribution in [0.2, 0.25) is 0 Å². The summed E-state index contributed by atoms with van der Waals surface area (Å²) in [5.74, 6) is -0.612. The lowest BCUT2D eigenvalue weighted by molar-refractivity contribution is -0.140. The number of carboxylic acids is 1. The molecule has 0 radical (unpaired) electrons. The van der Waals surface area contributed by atoms with Crippen LogP contribution in [0.5, 0.6) is 0 Å². The molecule has 5 nitrogen and oxygen atoms in total. The molecule has 1 aliphatic heterocycles. The second-order valence-corrected chi connectivity index (χ2v) is 7.53. The van der Waals surface area contributed by atoms with Crippen molar-refractivity contribution >= 4 is 27.8 Å². The maximum absolute atomic E-state index is 12.5. The summed E-state index contributed by atoms with van der Waals surface area (Å²) >= 11 is 1.32. The number of aliphatic carboxylic acids is 1. The van der Waals surface area contributed by atoms with Gasteiger partial charge in [-0.05, 0) is 24.1 Å². The lowest BCUT2D eigenvalue weighted by Crippen LogP contribution is -2.41. The van der Waals surface area contributed by atoms with Crippen LogP contribution in [0.1, 0.15) is 18.9 Å². The molecule has 0 bridgehead atoms. The van der Waals surface area contributed by atoms with Crippen molar-refractivity contribution in [2.75, 3.05) is 11.6 Å². The van der Waals surface area contributed by atoms with Crippen LogP contribution in [0.15, 0.2) is 29.2 Å². The summed E-state index contributed by atoms with van der Waals surface area (Å²) in [6.45, 7) is 2.06. The molecular weight excluding hydrogens is 298 g/mol. The third-order valence-corrected chi connectivity index (χ3v) is 6.24. The van der Waals surface area contributed by atoms with E-state index in [-0.39, 0.29) is 10.8 Å². The van der Waals surface area contributed by atoms with Gasteiger partial charge in [-0.1, -0.05) is 25.5 Å². The topological polar surface area (TPSA) is 74.7 Å². The second-order valence-electron chi connectivity index (χ2n) is 4.64. The van der Waals surface area contributed by atoms with Gasteiger partial charge in [0, 0.05) is 5.75 Å². The van der Waals surface area contributed by atoms with Crippen molar-refractivity contribution in [3.8, 4) is 0 Å². The predicted octanol–water partition coefficient (Wildman–Crippen LogP) is 1.79. The highest BCUT2D eigenvalue weighted by Crippen LogP contribution is 2.28. The summed E-state index contributed by atoms with van der Waals surface area (Å²) < 4.78 is 26.0. The van der Waals surface area contributed by atoms with Gasteiger partial charge in [0.15, 0.2) is 0 Å². The van der Waals surface area contributed by atoms with E-state index < -0.39 is 22.0 Å². The molecule has 110 valence electrons. The zero-order valence-corrected chi connectivity index (χ0v) is 12.8. The van der Waals surface area contributed by atoms with Crippen molar-refractivity contribution in [2.45, 2.75) is 30.7 Å². The second kappa shape index (κ2) is 6.15. The normalized spacial score (nSPS) is 20.1. The number of hydrogen-bond donors (Lipinski definition) is 1. The minimum atomic E-state index is -3.73. The summed E-state index contributed by atoms with van der Waals surface area (Å²) in [7, 11) is -3.73. The molecule has 20 heavy (non-hydrogen) atoms. The third kappa shape index (κ3) is 2.99. The van der Waals surface area contributed by atoms with E-state index in [4.69, 9.17) is 5.11 Å². The quantitative estimate of drug-likeness (QED) is 0.896. The van der Waals surface area contributed by atoms with Crippen LogP contribution in [0.3, 0.4) is 0 Å². The summed E-state index contributed by atoms with van der Waals surface area (Å²) in [5, 5.41) is 9.09. The van der Waals surface area contributed by atoms with Crippen LogP contribution >= 0.6 is 11.8 Å². The molecule has 0 amide bonds. The highest BCUT2D eigenvalue weighted by molar-refractivity contribution is 8.00. The summed E-state index contributed by atoms with van der Waals surface area (Å²) in [6, 6.07) is 5.72. The Bertz CT molecular complexity index is 583. The van der Waals surface area contributed by atoms with Gasteiger partial charge in [0.1, 0.15) is 6.04 Å². The fourth-order valence-electron chi connectivity index (χ4n) is 2.11. The van der Waals surface area contributed by atoms with Crippen molar-refractivity contribution in [1.82, 2.24) is 4.31 Å². The van der Waals surface area contributed by atoms with Crippen LogP contribution in [0, 0.1) is 0 Å². The fraction of sp³-hybridized carbons (Fsp3) is 0.462. The standard InChI is InChI=1S/C13H17NO4S2/c1-2-3-10-4-6-11(7-5-10)20(17,18)14-9-19-8-12(14)13(15)16/h4-7,12H,2-3,8-9H2,1H3,(H,15,16). The molecular formula is C13H17NO4S2. The Labute approximate surface area is 123 Å². The maximum Gasteiger partial charge on any atom is 0.322 e. The van der Waals surface area contributed by atoms with Crippen molar-refractivity contribution < 1.29 is 18.3 Å². The van der Waals surface area contributed by atoms with E-state index in [1.165, 1.54) is 11.8 Å². The van der Waals surface area contributed by atoms with Crippen LogP contribution in [0.4, 0.5) is 0 Å². The molecule has 1 aromatic carbocycles. The number of benzene rings is 1. The summed E-state index contributed by atoms with van der Waals surface area (Å²) in [5.41, 5.74) is 1.08. The predicted molar refractivity (Wildman–Crippen MR) is 78.2 cm³/mol. The molecule has 1 aliphatic rings. The van der Waals surface area contributed by atoms with E-state index in [0.29, 0.717) is 5.75 Å². The highest BCUT2D eigenvalue weighted by atomic mass is 32.2. The molecule has 1 N–H and O–H groups in total. The Balaban J connectivity index is 2.27. The highest BCUT2D eigenvalue weighted by Gasteiger charge is 2.39. The van der Waals surface area contributed by atoms with E-state index in [1.54, 1.807) is 24.3 Å². The van der Waals surface area contributed by atoms with Gasteiger partial charge in [-0.15, -0.1) is 11.8 Å². The molecule has 0 spiro atoms. The molecule has 2 rings (SSSR count). The number of nitrogens with zero attached hydrogens (tertiary/aromatic N) is 1. The van der Waals surface area contributed by atoms with E-state index in [1.807, 2.05) is 0 Å². The third-order valence-electron chi connectivity index (χ3n) is 3.20. The first-order valence-electron chi connectivity index (χ1n) is 6.38. The van der Waals surface area contributed by atoms with Crippen LogP contribution in [-0.4, -0.2) is 41.5 Å². The molecule has 1 fully saturated rings. The van der Waals surface area contributed by atoms with Gasteiger partial charge in [0.2, 0.25) is 10.0 Å². The molecule has 1 atom stereocenters. The minimum Gasteiger partial charge on any atom is -0.480 e. The SMILES string of the molecule is CCCc1ccc(S(=O)(=O)N2CSCC2C(=O)O)cc1. The van der Waals surface area contributed by atoms with E-state index in [9.17, 15) is 13.2 Å². The Kier molecular flexibility index (Phi) is 4.72. The first kappa shape index (κ1) is 15.3. The number of carbonyl (C=O) groups is 1. The Morgan fingerprint density at radius 1 is 1.40 bits per heavy atom. The van der Waals surface area contributed by atoms with Gasteiger partial charge in [0.05, 0.1) is 10.8 Å². The van der Waals surface area contributed by atoms with Crippen molar-refractivity contribution in [3.63, 3.8) is 0 Å². The van der Waals surface area contributed by atoms with Crippen molar-refractivity contribution in [1.29, 1.82) is 0 Å². The number of hydrogen-bond acceptors (Lipinski definition) is 4. The van der Waals surface area contributed by atoms with Gasteiger partial charge in [-0.2, -0.15) is 4.31 Å². The van der Waals surface area contributed by atoms with Gasteiger partial charge in [-0.3, -0.25) is 4.79 Å². The summed E-state index contributed by atoms with van der Waals surface area (Å²) in [4.78, 5) is 11.3. The van der Waals surface area contributed by atoms with E-state index in [2.05, 4.69) is 6.92 Å². The molecule has 0 saturated carbocycles. The average Bonchev–Trinajstić information content (AvgIpc) is 2.90. The van der Waals surface area contributed by atoms with Crippen molar-refractivity contribution in [3.05, 3.63) is 29.8 Å². The molecule has 1 aromatic rings. The number of thioether (sulfide) groups is 1. The maximum atomic E-state index is 12.5. The Morgan fingerprint density at radius 3 is 2.60 bits per heavy atom. The molecule has 0 aliphatic carbocycles. The number of carboxylic acid groups (broad SMARTS) is 1. The van der Waals surface area contributed by atoms with Crippen LogP contribution in [-0.2, 0) is 21.2 Å². The first-order chi connectivity index (χ1) is 9.46. The largest absolute Gasteiger partial charge is 0.480 e. The van der Waals surface area contributed by atoms with Gasteiger partial charge in [-0.25, -0.2) is 8.42 Å². The Hall–Kier alpha value is -1.05. The number of aryl methyl sites for hydroxylation is 1. The first-order valence-corrected chi connectivity index (χ1v) is 8.97. The minimum absolute atomic E-state index is 0.158. The van der Waals surface area contributed by atoms with Crippen LogP contribution < -0.4 is 0 Å². The van der Waals surface area contributed by atoms with E-state index >= 15 is 0 Å². The number of sulfonamides is 1. The Morgan fingerprint density at radius 2 is 2.05 bits per heavy atom. The molecule has 1 unspecified atom stereocenters. The van der Waals surface area contributed by atoms with E-state index in [0.717, 1.165) is 22.7 Å². The smallest absolute Gasteiger partial charge is 0.322 e. The fourth-order valence-corrected chi connectivity index (χ4v) is 5.25. The zero-order chi connectivity index (χ0) is 14.8. The lowest BCUT2D eigenvalue weighted by Gasteiger charge is -2.20. The molecule has 1 saturated heterocycles. The lowest BCUT2D eigenvalue weighted by atomic mass is 10.1. The van der Waals surface area contributed by atoms with Gasteiger partial charge < -0.3 is 5.11 Å². The average molecular weight is 315 g/mol. The van der Waals surface area contributed by atoms with Crippen LogP contribution in [0.25, 0.3) is 0 Å². The van der Waals surface area contributed by atoms with Gasteiger partial charge >= 0.3 is 5.97 Å². The van der Waals surface area contributed by atoms with Crippen molar-refractivity contribution in [2.24, 2.45) is 0 Å². The monoisotopic (exact) mass is 315 g/mol. The molecule has 0 aromatic heterocycles. The number of rotatable bonds is 5.